The lowest BCUT2D eigenvalue weighted by molar-refractivity contribution is -0.137. The molecule has 0 heterocycles. The van der Waals surface area contributed by atoms with Crippen LogP contribution in [-0.4, -0.2) is 11.9 Å². The van der Waals surface area contributed by atoms with Crippen LogP contribution in [0.15, 0.2) is 48.5 Å². The number of benzene rings is 3. The summed E-state index contributed by atoms with van der Waals surface area (Å²) in [7, 11) is 0. The van der Waals surface area contributed by atoms with Crippen LogP contribution in [-0.2, 0) is 6.18 Å². The van der Waals surface area contributed by atoms with Gasteiger partial charge in [-0.3, -0.25) is 10.1 Å². The minimum absolute atomic E-state index is 0.257. The van der Waals surface area contributed by atoms with E-state index in [2.05, 4.69) is 0 Å². The summed E-state index contributed by atoms with van der Waals surface area (Å²) in [5.41, 5.74) is -2.60. The van der Waals surface area contributed by atoms with Crippen LogP contribution in [0.1, 0.15) is 15.9 Å². The Labute approximate surface area is 197 Å². The van der Waals surface area contributed by atoms with E-state index < -0.39 is 57.4 Å². The number of anilines is 1. The number of hydrogen-bond donors (Lipinski definition) is 2. The van der Waals surface area contributed by atoms with Crippen LogP contribution in [0.2, 0.25) is 10.0 Å². The molecule has 0 aliphatic heterocycles. The van der Waals surface area contributed by atoms with E-state index in [-0.39, 0.29) is 16.5 Å². The molecule has 0 saturated heterocycles. The van der Waals surface area contributed by atoms with E-state index >= 15 is 0 Å². The maximum atomic E-state index is 14.4. The molecule has 178 valence electrons. The van der Waals surface area contributed by atoms with Crippen molar-refractivity contribution in [1.29, 1.82) is 0 Å². The molecular weight excluding hydrogens is 513 g/mol. The summed E-state index contributed by atoms with van der Waals surface area (Å²) in [5.74, 6) is -5.59. The van der Waals surface area contributed by atoms with Crippen molar-refractivity contribution in [2.45, 2.75) is 6.18 Å². The second-order valence-electron chi connectivity index (χ2n) is 6.51. The second kappa shape index (κ2) is 9.82. The lowest BCUT2D eigenvalue weighted by atomic mass is 10.2. The summed E-state index contributed by atoms with van der Waals surface area (Å²) in [5, 5.41) is 2.85. The van der Waals surface area contributed by atoms with Gasteiger partial charge in [-0.1, -0.05) is 29.3 Å². The lowest BCUT2D eigenvalue weighted by Crippen LogP contribution is -2.35. The largest absolute Gasteiger partial charge is 0.454 e. The van der Waals surface area contributed by atoms with Crippen LogP contribution in [0.3, 0.4) is 0 Å². The number of alkyl halides is 3. The predicted octanol–water partition coefficient (Wildman–Crippen LogP) is 7.18. The van der Waals surface area contributed by atoms with Crippen molar-refractivity contribution < 1.29 is 40.7 Å². The third kappa shape index (κ3) is 5.72. The van der Waals surface area contributed by atoms with Gasteiger partial charge in [0.25, 0.3) is 5.91 Å². The highest BCUT2D eigenvalue weighted by atomic mass is 35.5. The zero-order chi connectivity index (χ0) is 25.2. The first-order valence-corrected chi connectivity index (χ1v) is 9.72. The van der Waals surface area contributed by atoms with Crippen LogP contribution >= 0.6 is 23.2 Å². The predicted molar refractivity (Wildman–Crippen MR) is 111 cm³/mol. The summed E-state index contributed by atoms with van der Waals surface area (Å²) in [6.45, 7) is 0. The van der Waals surface area contributed by atoms with E-state index in [1.54, 1.807) is 5.32 Å². The van der Waals surface area contributed by atoms with Crippen molar-refractivity contribution in [3.63, 3.8) is 0 Å². The first-order valence-electron chi connectivity index (χ1n) is 8.97. The van der Waals surface area contributed by atoms with Crippen LogP contribution in [0.5, 0.6) is 11.5 Å². The normalized spacial score (nSPS) is 11.2. The van der Waals surface area contributed by atoms with Gasteiger partial charge in [-0.15, -0.1) is 0 Å². The minimum Gasteiger partial charge on any atom is -0.454 e. The first-order chi connectivity index (χ1) is 15.9. The monoisotopic (exact) mass is 522 g/mol. The van der Waals surface area contributed by atoms with Gasteiger partial charge in [0.15, 0.2) is 5.82 Å². The molecule has 2 N–H and O–H groups in total. The molecule has 0 spiro atoms. The van der Waals surface area contributed by atoms with Gasteiger partial charge in [0, 0.05) is 6.07 Å². The Morgan fingerprint density at radius 1 is 0.824 bits per heavy atom. The van der Waals surface area contributed by atoms with Crippen LogP contribution < -0.4 is 15.4 Å². The molecule has 0 aliphatic rings. The highest BCUT2D eigenvalue weighted by Gasteiger charge is 2.31. The summed E-state index contributed by atoms with van der Waals surface area (Å²) in [4.78, 5) is 23.9. The van der Waals surface area contributed by atoms with E-state index in [1.807, 2.05) is 5.32 Å². The van der Waals surface area contributed by atoms with E-state index in [9.17, 15) is 35.9 Å². The van der Waals surface area contributed by atoms with Crippen molar-refractivity contribution in [2.75, 3.05) is 5.32 Å². The summed E-state index contributed by atoms with van der Waals surface area (Å²) in [6, 6.07) is 5.07. The quantitative estimate of drug-likeness (QED) is 0.356. The molecule has 0 atom stereocenters. The van der Waals surface area contributed by atoms with Gasteiger partial charge in [-0.25, -0.2) is 18.0 Å². The smallest absolute Gasteiger partial charge is 0.416 e. The number of nitrogens with one attached hydrogen (secondary N) is 2. The molecule has 0 bridgehead atoms. The number of amides is 3. The third-order valence-corrected chi connectivity index (χ3v) is 4.76. The SMILES string of the molecule is O=C(NC(=O)c1c(F)cccc1F)Nc1cc(Cl)c(Oc2ccc(C(F)(F)F)cc2Cl)cc1F. The molecule has 3 aromatic carbocycles. The molecule has 3 amide bonds. The van der Waals surface area contributed by atoms with Gasteiger partial charge in [-0.05, 0) is 36.4 Å². The molecule has 3 rings (SSSR count). The average molecular weight is 523 g/mol. The van der Waals surface area contributed by atoms with Crippen molar-refractivity contribution >= 4 is 40.8 Å². The summed E-state index contributed by atoms with van der Waals surface area (Å²) < 4.78 is 85.2. The Bertz CT molecular complexity index is 1260. The number of carbonyl (C=O) groups excluding carboxylic acids is 2. The van der Waals surface area contributed by atoms with E-state index in [0.717, 1.165) is 30.3 Å². The number of hydrogen-bond acceptors (Lipinski definition) is 3. The van der Waals surface area contributed by atoms with Crippen LogP contribution in [0, 0.1) is 17.5 Å². The molecule has 0 fully saturated rings. The van der Waals surface area contributed by atoms with Crippen LogP contribution in [0.4, 0.5) is 36.8 Å². The van der Waals surface area contributed by atoms with E-state index in [1.165, 1.54) is 0 Å². The number of urea groups is 1. The number of ether oxygens (including phenoxy) is 1. The molecule has 0 radical (unpaired) electrons. The maximum Gasteiger partial charge on any atom is 0.416 e. The molecule has 0 aromatic heterocycles. The summed E-state index contributed by atoms with van der Waals surface area (Å²) in [6.07, 6.45) is -4.64. The zero-order valence-electron chi connectivity index (χ0n) is 16.4. The Kier molecular flexibility index (Phi) is 7.27. The Hall–Kier alpha value is -3.44. The van der Waals surface area contributed by atoms with Crippen molar-refractivity contribution in [2.24, 2.45) is 0 Å². The number of carbonyl (C=O) groups is 2. The lowest BCUT2D eigenvalue weighted by Gasteiger charge is -2.14. The zero-order valence-corrected chi connectivity index (χ0v) is 17.9. The molecule has 5 nitrogen and oxygen atoms in total. The first kappa shape index (κ1) is 25.2. The van der Waals surface area contributed by atoms with Gasteiger partial charge >= 0.3 is 12.2 Å². The topological polar surface area (TPSA) is 67.4 Å². The molecule has 0 saturated carbocycles. The fourth-order valence-electron chi connectivity index (χ4n) is 2.61. The number of rotatable bonds is 4. The van der Waals surface area contributed by atoms with E-state index in [0.29, 0.717) is 18.2 Å². The average Bonchev–Trinajstić information content (AvgIpc) is 2.72. The molecule has 3 aromatic rings. The van der Waals surface area contributed by atoms with Gasteiger partial charge in [0.05, 0.1) is 21.3 Å². The third-order valence-electron chi connectivity index (χ3n) is 4.17. The van der Waals surface area contributed by atoms with Gasteiger partial charge in [0.2, 0.25) is 0 Å². The molecule has 0 aliphatic carbocycles. The Balaban J connectivity index is 1.74. The minimum atomic E-state index is -4.64. The van der Waals surface area contributed by atoms with Gasteiger partial charge in [0.1, 0.15) is 28.7 Å². The number of halogens is 8. The Morgan fingerprint density at radius 3 is 2.03 bits per heavy atom. The fourth-order valence-corrected chi connectivity index (χ4v) is 3.04. The van der Waals surface area contributed by atoms with Crippen molar-refractivity contribution in [3.05, 3.63) is 87.2 Å². The van der Waals surface area contributed by atoms with Gasteiger partial charge < -0.3 is 10.1 Å². The Morgan fingerprint density at radius 2 is 1.44 bits per heavy atom. The highest BCUT2D eigenvalue weighted by molar-refractivity contribution is 6.33. The maximum absolute atomic E-state index is 14.4. The molecular formula is C21H10Cl2F6N2O3. The van der Waals surface area contributed by atoms with Crippen molar-refractivity contribution in [3.8, 4) is 11.5 Å². The van der Waals surface area contributed by atoms with Gasteiger partial charge in [-0.2, -0.15) is 13.2 Å². The highest BCUT2D eigenvalue weighted by Crippen LogP contribution is 2.39. The van der Waals surface area contributed by atoms with Crippen LogP contribution in [0.25, 0.3) is 0 Å². The number of imide groups is 1. The molecule has 0 unspecified atom stereocenters. The summed E-state index contributed by atoms with van der Waals surface area (Å²) >= 11 is 11.8. The fraction of sp³-hybridized carbons (Fsp3) is 0.0476. The second-order valence-corrected chi connectivity index (χ2v) is 7.33. The molecule has 13 heteroatoms. The van der Waals surface area contributed by atoms with E-state index in [4.69, 9.17) is 27.9 Å². The molecule has 34 heavy (non-hydrogen) atoms. The van der Waals surface area contributed by atoms with Crippen molar-refractivity contribution in [1.82, 2.24) is 5.32 Å². The standard InChI is InChI=1S/C21H10Cl2F6N2O3/c22-10-6-9(21(27,28)29)4-5-16(10)34-17-8-14(26)15(7-11(17)23)30-20(33)31-19(32)18-12(24)2-1-3-13(18)25/h1-8H,(H2,30,31,32,33).